The number of phenolic OH excluding ortho intramolecular Hbond substituents is 1. The molecule has 1 aromatic carbocycles. The first-order valence-corrected chi connectivity index (χ1v) is 5.63. The second kappa shape index (κ2) is 3.86. The molecule has 0 aromatic heterocycles. The first kappa shape index (κ1) is 10.5. The molecule has 0 bridgehead atoms. The van der Waals surface area contributed by atoms with Crippen LogP contribution in [-0.2, 0) is 0 Å². The normalized spacial score (nSPS) is 17.8. The Morgan fingerprint density at radius 2 is 1.87 bits per heavy atom. The molecule has 0 aliphatic heterocycles. The molecular weight excluding hydrogens is 186 g/mol. The standard InChI is InChI=1S/C13H19NO/c1-8-5-11(6-9(2)13(8)15)12(14)7-10-3-4-10/h5-6,10,12,15H,3-4,7,14H2,1-2H3/t12-/m0/s1. The summed E-state index contributed by atoms with van der Waals surface area (Å²) in [6.07, 6.45) is 3.76. The SMILES string of the molecule is Cc1cc([C@@H](N)CC2CC2)cc(C)c1O. The van der Waals surface area contributed by atoms with Crippen LogP contribution in [0.2, 0.25) is 0 Å². The average Bonchev–Trinajstić information content (AvgIpc) is 2.97. The predicted octanol–water partition coefficient (Wildman–Crippen LogP) is 2.81. The van der Waals surface area contributed by atoms with Crippen LogP contribution < -0.4 is 5.73 Å². The van der Waals surface area contributed by atoms with E-state index in [1.54, 1.807) is 0 Å². The highest BCUT2D eigenvalue weighted by Gasteiger charge is 2.24. The highest BCUT2D eigenvalue weighted by atomic mass is 16.3. The number of phenols is 1. The molecule has 2 heteroatoms. The largest absolute Gasteiger partial charge is 0.507 e. The van der Waals surface area contributed by atoms with E-state index in [1.807, 2.05) is 26.0 Å². The van der Waals surface area contributed by atoms with Gasteiger partial charge in [-0.25, -0.2) is 0 Å². The molecule has 1 aromatic rings. The van der Waals surface area contributed by atoms with Gasteiger partial charge in [-0.2, -0.15) is 0 Å². The molecule has 1 aliphatic rings. The number of rotatable bonds is 3. The monoisotopic (exact) mass is 205 g/mol. The molecular formula is C13H19NO. The Bertz CT molecular complexity index is 346. The topological polar surface area (TPSA) is 46.2 Å². The van der Waals surface area contributed by atoms with Crippen LogP contribution in [0, 0.1) is 19.8 Å². The van der Waals surface area contributed by atoms with Crippen LogP contribution in [0.15, 0.2) is 12.1 Å². The van der Waals surface area contributed by atoms with E-state index < -0.39 is 0 Å². The summed E-state index contributed by atoms with van der Waals surface area (Å²) in [7, 11) is 0. The summed E-state index contributed by atoms with van der Waals surface area (Å²) in [5.74, 6) is 1.24. The van der Waals surface area contributed by atoms with Crippen molar-refractivity contribution in [3.63, 3.8) is 0 Å². The van der Waals surface area contributed by atoms with Gasteiger partial charge in [-0.15, -0.1) is 0 Å². The van der Waals surface area contributed by atoms with Gasteiger partial charge in [0, 0.05) is 6.04 Å². The van der Waals surface area contributed by atoms with Gasteiger partial charge in [0.15, 0.2) is 0 Å². The molecule has 1 atom stereocenters. The first-order valence-electron chi connectivity index (χ1n) is 5.63. The van der Waals surface area contributed by atoms with Crippen molar-refractivity contribution in [2.24, 2.45) is 11.7 Å². The van der Waals surface area contributed by atoms with Crippen LogP contribution in [-0.4, -0.2) is 5.11 Å². The zero-order valence-electron chi connectivity index (χ0n) is 9.46. The van der Waals surface area contributed by atoms with Crippen molar-refractivity contribution in [1.29, 1.82) is 0 Å². The maximum atomic E-state index is 9.67. The van der Waals surface area contributed by atoms with E-state index in [1.165, 1.54) is 12.8 Å². The Hall–Kier alpha value is -1.02. The smallest absolute Gasteiger partial charge is 0.121 e. The van der Waals surface area contributed by atoms with E-state index in [9.17, 15) is 5.11 Å². The summed E-state index contributed by atoms with van der Waals surface area (Å²) >= 11 is 0. The van der Waals surface area contributed by atoms with Crippen molar-refractivity contribution in [2.75, 3.05) is 0 Å². The quantitative estimate of drug-likeness (QED) is 0.797. The molecule has 3 N–H and O–H groups in total. The zero-order valence-corrected chi connectivity index (χ0v) is 9.46. The fourth-order valence-electron chi connectivity index (χ4n) is 2.05. The third-order valence-electron chi connectivity index (χ3n) is 3.23. The van der Waals surface area contributed by atoms with Crippen molar-refractivity contribution < 1.29 is 5.11 Å². The van der Waals surface area contributed by atoms with Crippen molar-refractivity contribution in [3.8, 4) is 5.75 Å². The molecule has 0 saturated heterocycles. The van der Waals surface area contributed by atoms with Crippen molar-refractivity contribution in [1.82, 2.24) is 0 Å². The molecule has 2 rings (SSSR count). The summed E-state index contributed by atoms with van der Waals surface area (Å²) < 4.78 is 0. The summed E-state index contributed by atoms with van der Waals surface area (Å²) in [4.78, 5) is 0. The number of hydrogen-bond acceptors (Lipinski definition) is 2. The Balaban J connectivity index is 2.19. The predicted molar refractivity (Wildman–Crippen MR) is 61.9 cm³/mol. The Morgan fingerprint density at radius 3 is 2.33 bits per heavy atom. The van der Waals surface area contributed by atoms with E-state index in [2.05, 4.69) is 0 Å². The number of hydrogen-bond donors (Lipinski definition) is 2. The molecule has 1 aliphatic carbocycles. The number of benzene rings is 1. The summed E-state index contributed by atoms with van der Waals surface area (Å²) in [5.41, 5.74) is 9.16. The zero-order chi connectivity index (χ0) is 11.0. The van der Waals surface area contributed by atoms with E-state index in [0.717, 1.165) is 29.0 Å². The lowest BCUT2D eigenvalue weighted by Crippen LogP contribution is -2.11. The number of aromatic hydroxyl groups is 1. The van der Waals surface area contributed by atoms with Gasteiger partial charge >= 0.3 is 0 Å². The fraction of sp³-hybridized carbons (Fsp3) is 0.538. The molecule has 0 amide bonds. The molecule has 1 saturated carbocycles. The van der Waals surface area contributed by atoms with Crippen molar-refractivity contribution in [3.05, 3.63) is 28.8 Å². The van der Waals surface area contributed by atoms with E-state index in [-0.39, 0.29) is 6.04 Å². The average molecular weight is 205 g/mol. The molecule has 0 unspecified atom stereocenters. The lowest BCUT2D eigenvalue weighted by molar-refractivity contribution is 0.466. The van der Waals surface area contributed by atoms with E-state index in [4.69, 9.17) is 5.73 Å². The van der Waals surface area contributed by atoms with Gasteiger partial charge in [0.1, 0.15) is 5.75 Å². The maximum Gasteiger partial charge on any atom is 0.121 e. The van der Waals surface area contributed by atoms with Gasteiger partial charge in [0.25, 0.3) is 0 Å². The molecule has 1 fully saturated rings. The Morgan fingerprint density at radius 1 is 1.33 bits per heavy atom. The van der Waals surface area contributed by atoms with Gasteiger partial charge in [-0.3, -0.25) is 0 Å². The van der Waals surface area contributed by atoms with Crippen molar-refractivity contribution in [2.45, 2.75) is 39.2 Å². The summed E-state index contributed by atoms with van der Waals surface area (Å²) in [5, 5.41) is 9.67. The second-order valence-electron chi connectivity index (χ2n) is 4.79. The van der Waals surface area contributed by atoms with Crippen LogP contribution in [0.1, 0.15) is 42.0 Å². The minimum Gasteiger partial charge on any atom is -0.507 e. The number of nitrogens with two attached hydrogens (primary N) is 1. The van der Waals surface area contributed by atoms with Crippen molar-refractivity contribution >= 4 is 0 Å². The Labute approximate surface area is 91.1 Å². The molecule has 0 spiro atoms. The third-order valence-corrected chi connectivity index (χ3v) is 3.23. The number of aryl methyl sites for hydroxylation is 2. The third kappa shape index (κ3) is 2.32. The molecule has 0 radical (unpaired) electrons. The lowest BCUT2D eigenvalue weighted by atomic mass is 9.97. The van der Waals surface area contributed by atoms with E-state index in [0.29, 0.717) is 5.75 Å². The van der Waals surface area contributed by atoms with Gasteiger partial charge < -0.3 is 10.8 Å². The lowest BCUT2D eigenvalue weighted by Gasteiger charge is -2.14. The van der Waals surface area contributed by atoms with Gasteiger partial charge in [0.05, 0.1) is 0 Å². The molecule has 82 valence electrons. The molecule has 2 nitrogen and oxygen atoms in total. The van der Waals surface area contributed by atoms with Gasteiger partial charge in [-0.05, 0) is 42.9 Å². The Kier molecular flexibility index (Phi) is 2.70. The van der Waals surface area contributed by atoms with Crippen LogP contribution in [0.5, 0.6) is 5.75 Å². The van der Waals surface area contributed by atoms with Gasteiger partial charge in [-0.1, -0.05) is 25.0 Å². The summed E-state index contributed by atoms with van der Waals surface area (Å²) in [6.45, 7) is 3.85. The van der Waals surface area contributed by atoms with Crippen LogP contribution >= 0.6 is 0 Å². The minimum absolute atomic E-state index is 0.135. The fourth-order valence-corrected chi connectivity index (χ4v) is 2.05. The van der Waals surface area contributed by atoms with Crippen LogP contribution in [0.3, 0.4) is 0 Å². The maximum absolute atomic E-state index is 9.67. The van der Waals surface area contributed by atoms with E-state index >= 15 is 0 Å². The second-order valence-corrected chi connectivity index (χ2v) is 4.79. The minimum atomic E-state index is 0.135. The molecule has 0 heterocycles. The van der Waals surface area contributed by atoms with Crippen LogP contribution in [0.4, 0.5) is 0 Å². The van der Waals surface area contributed by atoms with Gasteiger partial charge in [0.2, 0.25) is 0 Å². The highest BCUT2D eigenvalue weighted by molar-refractivity contribution is 5.43. The van der Waals surface area contributed by atoms with Crippen LogP contribution in [0.25, 0.3) is 0 Å². The molecule has 15 heavy (non-hydrogen) atoms. The highest BCUT2D eigenvalue weighted by Crippen LogP contribution is 2.37. The summed E-state index contributed by atoms with van der Waals surface area (Å²) in [6, 6.07) is 4.15. The first-order chi connectivity index (χ1) is 7.08.